The van der Waals surface area contributed by atoms with Crippen LogP contribution in [0, 0.1) is 22.7 Å². The number of carbonyl (C=O) groups excluding carboxylic acids is 1. The largest absolute Gasteiger partial charge is 0.493 e. The van der Waals surface area contributed by atoms with E-state index in [-0.39, 0.29) is 11.3 Å². The van der Waals surface area contributed by atoms with Crippen LogP contribution in [0.15, 0.2) is 29.8 Å². The molecule has 3 aliphatic carbocycles. The predicted octanol–water partition coefficient (Wildman–Crippen LogP) is 5.11. The van der Waals surface area contributed by atoms with Crippen molar-refractivity contribution in [3.63, 3.8) is 0 Å². The maximum absolute atomic E-state index is 13.2. The molecule has 1 fully saturated rings. The third-order valence-corrected chi connectivity index (χ3v) is 7.00. The maximum atomic E-state index is 13.2. The van der Waals surface area contributed by atoms with E-state index in [4.69, 9.17) is 9.47 Å². The maximum Gasteiger partial charge on any atom is 0.228 e. The molecule has 160 valence electrons. The molecule has 2 unspecified atom stereocenters. The Morgan fingerprint density at radius 2 is 1.86 bits per heavy atom. The number of amides is 1. The van der Waals surface area contributed by atoms with Gasteiger partial charge in [-0.3, -0.25) is 4.79 Å². The van der Waals surface area contributed by atoms with Gasteiger partial charge in [0.25, 0.3) is 0 Å². The summed E-state index contributed by atoms with van der Waals surface area (Å²) in [7, 11) is 3.30. The molecule has 0 saturated heterocycles. The number of methoxy groups -OCH3 is 2. The van der Waals surface area contributed by atoms with Crippen LogP contribution >= 0.6 is 0 Å². The van der Waals surface area contributed by atoms with Crippen LogP contribution in [0.1, 0.15) is 53.0 Å². The molecule has 1 aromatic rings. The van der Waals surface area contributed by atoms with Crippen LogP contribution < -0.4 is 9.47 Å². The van der Waals surface area contributed by atoms with Crippen LogP contribution in [-0.2, 0) is 11.2 Å². The van der Waals surface area contributed by atoms with Crippen molar-refractivity contribution in [2.75, 3.05) is 27.3 Å². The van der Waals surface area contributed by atoms with E-state index in [0.717, 1.165) is 42.4 Å². The Hall–Kier alpha value is -1.97. The van der Waals surface area contributed by atoms with Crippen molar-refractivity contribution >= 4 is 5.91 Å². The van der Waals surface area contributed by atoms with Crippen molar-refractivity contribution in [3.05, 3.63) is 35.4 Å². The molecule has 0 radical (unpaired) electrons. The fourth-order valence-corrected chi connectivity index (χ4v) is 4.90. The van der Waals surface area contributed by atoms with Gasteiger partial charge in [0.1, 0.15) is 0 Å². The first-order chi connectivity index (χ1) is 13.6. The van der Waals surface area contributed by atoms with E-state index in [9.17, 15) is 4.79 Å². The summed E-state index contributed by atoms with van der Waals surface area (Å²) in [5.41, 5.74) is 2.60. The SMILES string of the molecule is COc1ccc(CCN(CC2=CCC3CC2C3(C)C)C(=O)C(C)(C)C)cc1OC. The lowest BCUT2D eigenvalue weighted by Gasteiger charge is -2.57. The Kier molecular flexibility index (Phi) is 6.03. The third-order valence-electron chi connectivity index (χ3n) is 7.00. The number of hydrogen-bond donors (Lipinski definition) is 0. The number of fused-ring (bicyclic) bond motifs is 1. The molecule has 4 rings (SSSR count). The molecule has 3 aliphatic rings. The van der Waals surface area contributed by atoms with Gasteiger partial charge in [0.05, 0.1) is 14.2 Å². The number of hydrogen-bond acceptors (Lipinski definition) is 3. The monoisotopic (exact) mass is 399 g/mol. The highest BCUT2D eigenvalue weighted by Gasteiger charge is 2.51. The summed E-state index contributed by atoms with van der Waals surface area (Å²) in [6.07, 6.45) is 5.65. The van der Waals surface area contributed by atoms with Crippen LogP contribution in [0.4, 0.5) is 0 Å². The molecule has 1 amide bonds. The van der Waals surface area contributed by atoms with Gasteiger partial charge in [0.2, 0.25) is 5.91 Å². The highest BCUT2D eigenvalue weighted by molar-refractivity contribution is 5.81. The fourth-order valence-electron chi connectivity index (χ4n) is 4.90. The van der Waals surface area contributed by atoms with Gasteiger partial charge < -0.3 is 14.4 Å². The van der Waals surface area contributed by atoms with Crippen LogP contribution in [0.3, 0.4) is 0 Å². The Morgan fingerprint density at radius 1 is 1.17 bits per heavy atom. The number of ether oxygens (including phenoxy) is 2. The van der Waals surface area contributed by atoms with Crippen molar-refractivity contribution in [3.8, 4) is 11.5 Å². The normalized spacial score (nSPS) is 22.4. The van der Waals surface area contributed by atoms with Crippen molar-refractivity contribution in [2.24, 2.45) is 22.7 Å². The molecule has 4 nitrogen and oxygen atoms in total. The van der Waals surface area contributed by atoms with E-state index in [1.54, 1.807) is 14.2 Å². The molecule has 4 heteroatoms. The molecule has 0 heterocycles. The van der Waals surface area contributed by atoms with Crippen LogP contribution in [0.5, 0.6) is 11.5 Å². The minimum atomic E-state index is -0.384. The van der Waals surface area contributed by atoms with Crippen molar-refractivity contribution in [2.45, 2.75) is 53.9 Å². The minimum Gasteiger partial charge on any atom is -0.493 e. The van der Waals surface area contributed by atoms with E-state index < -0.39 is 0 Å². The zero-order valence-corrected chi connectivity index (χ0v) is 19.2. The fraction of sp³-hybridized carbons (Fsp3) is 0.640. The molecule has 29 heavy (non-hydrogen) atoms. The number of benzene rings is 1. The first kappa shape index (κ1) is 21.7. The molecule has 0 N–H and O–H groups in total. The molecule has 1 saturated carbocycles. The van der Waals surface area contributed by atoms with Gasteiger partial charge in [-0.2, -0.15) is 0 Å². The van der Waals surface area contributed by atoms with Gasteiger partial charge in [0.15, 0.2) is 11.5 Å². The lowest BCUT2D eigenvalue weighted by atomic mass is 9.49. The Bertz CT molecular complexity index is 788. The second-order valence-electron chi connectivity index (χ2n) is 10.2. The Morgan fingerprint density at radius 3 is 2.41 bits per heavy atom. The zero-order valence-electron chi connectivity index (χ0n) is 19.2. The molecule has 2 bridgehead atoms. The van der Waals surface area contributed by atoms with E-state index in [0.29, 0.717) is 17.9 Å². The Labute approximate surface area is 176 Å². The summed E-state index contributed by atoms with van der Waals surface area (Å²) in [6, 6.07) is 6.00. The van der Waals surface area contributed by atoms with Gasteiger partial charge >= 0.3 is 0 Å². The van der Waals surface area contributed by atoms with Crippen molar-refractivity contribution < 1.29 is 14.3 Å². The van der Waals surface area contributed by atoms with Crippen molar-refractivity contribution in [1.29, 1.82) is 0 Å². The highest BCUT2D eigenvalue weighted by Crippen LogP contribution is 2.59. The van der Waals surface area contributed by atoms with Gasteiger partial charge in [0, 0.05) is 18.5 Å². The summed E-state index contributed by atoms with van der Waals surface area (Å²) >= 11 is 0. The van der Waals surface area contributed by atoms with Gasteiger partial charge in [-0.25, -0.2) is 0 Å². The summed E-state index contributed by atoms with van der Waals surface area (Å²) < 4.78 is 10.8. The first-order valence-electron chi connectivity index (χ1n) is 10.8. The summed E-state index contributed by atoms with van der Waals surface area (Å²) in [6.45, 7) is 12.3. The topological polar surface area (TPSA) is 38.8 Å². The molecular weight excluding hydrogens is 362 g/mol. The molecule has 0 aliphatic heterocycles. The van der Waals surface area contributed by atoms with Gasteiger partial charge in [-0.15, -0.1) is 0 Å². The number of rotatable bonds is 7. The molecule has 0 aromatic heterocycles. The van der Waals surface area contributed by atoms with E-state index >= 15 is 0 Å². The average Bonchev–Trinajstić information content (AvgIpc) is 2.69. The minimum absolute atomic E-state index is 0.220. The Balaban J connectivity index is 1.75. The van der Waals surface area contributed by atoms with Crippen molar-refractivity contribution in [1.82, 2.24) is 4.90 Å². The van der Waals surface area contributed by atoms with Gasteiger partial charge in [-0.1, -0.05) is 52.3 Å². The van der Waals surface area contributed by atoms with E-state index in [1.165, 1.54) is 12.0 Å². The number of carbonyl (C=O) groups is 1. The second-order valence-corrected chi connectivity index (χ2v) is 10.2. The standard InChI is InChI=1S/C25H37NO3/c1-24(2,3)23(27)26(16-18-9-10-19-15-20(18)25(19,4)5)13-12-17-8-11-21(28-6)22(14-17)29-7/h8-9,11,14,19-20H,10,12-13,15-16H2,1-7H3. The number of nitrogens with zero attached hydrogens (tertiary/aromatic N) is 1. The lowest BCUT2D eigenvalue weighted by Crippen LogP contribution is -2.51. The summed E-state index contributed by atoms with van der Waals surface area (Å²) in [5, 5.41) is 0. The average molecular weight is 400 g/mol. The summed E-state index contributed by atoms with van der Waals surface area (Å²) in [4.78, 5) is 15.3. The predicted molar refractivity (Wildman–Crippen MR) is 117 cm³/mol. The molecule has 0 spiro atoms. The quantitative estimate of drug-likeness (QED) is 0.598. The van der Waals surface area contributed by atoms with Crippen LogP contribution in [0.2, 0.25) is 0 Å². The number of allylic oxidation sites excluding steroid dienone is 1. The first-order valence-corrected chi connectivity index (χ1v) is 10.8. The zero-order chi connectivity index (χ0) is 21.4. The summed E-state index contributed by atoms with van der Waals surface area (Å²) in [5.74, 6) is 3.12. The molecule has 1 aromatic carbocycles. The van der Waals surface area contributed by atoms with Crippen LogP contribution in [0.25, 0.3) is 0 Å². The van der Waals surface area contributed by atoms with E-state index in [1.807, 2.05) is 32.9 Å². The van der Waals surface area contributed by atoms with Gasteiger partial charge in [-0.05, 0) is 54.2 Å². The molecular formula is C25H37NO3. The van der Waals surface area contributed by atoms with Crippen LogP contribution in [-0.4, -0.2) is 38.1 Å². The van der Waals surface area contributed by atoms with E-state index in [2.05, 4.69) is 30.9 Å². The second kappa shape index (κ2) is 8.04. The molecule has 2 atom stereocenters. The lowest BCUT2D eigenvalue weighted by molar-refractivity contribution is -0.139. The smallest absolute Gasteiger partial charge is 0.228 e. The third kappa shape index (κ3) is 4.31. The highest BCUT2D eigenvalue weighted by atomic mass is 16.5.